The summed E-state index contributed by atoms with van der Waals surface area (Å²) in [6, 6.07) is 15.1. The molecule has 0 saturated heterocycles. The molecule has 0 fully saturated rings. The summed E-state index contributed by atoms with van der Waals surface area (Å²) in [7, 11) is 0. The molecule has 2 aromatic carbocycles. The van der Waals surface area contributed by atoms with Crippen molar-refractivity contribution >= 4 is 33.7 Å². The van der Waals surface area contributed by atoms with E-state index >= 15 is 0 Å². The Morgan fingerprint density at radius 1 is 1.17 bits per heavy atom. The van der Waals surface area contributed by atoms with Crippen LogP contribution in [0.1, 0.15) is 12.5 Å². The summed E-state index contributed by atoms with van der Waals surface area (Å²) in [6.07, 6.45) is 1.59. The third kappa shape index (κ3) is 6.12. The average Bonchev–Trinajstić information content (AvgIpc) is 2.56. The minimum atomic E-state index is -0.213. The van der Waals surface area contributed by atoms with E-state index in [0.29, 0.717) is 6.61 Å². The van der Waals surface area contributed by atoms with Crippen LogP contribution in [0, 0.1) is 0 Å². The smallest absolute Gasteiger partial charge is 0.259 e. The van der Waals surface area contributed by atoms with E-state index in [0.717, 1.165) is 21.5 Å². The molecule has 23 heavy (non-hydrogen) atoms. The quantitative estimate of drug-likeness (QED) is 0.575. The predicted molar refractivity (Wildman–Crippen MR) is 96.0 cm³/mol. The lowest BCUT2D eigenvalue weighted by atomic mass is 10.2. The van der Waals surface area contributed by atoms with E-state index in [1.54, 1.807) is 6.21 Å². The first kappa shape index (κ1) is 17.0. The molecule has 0 atom stereocenters. The van der Waals surface area contributed by atoms with Gasteiger partial charge in [0.2, 0.25) is 0 Å². The molecule has 0 aliphatic carbocycles. The molecule has 0 aliphatic rings. The second-order valence-electron chi connectivity index (χ2n) is 4.66. The zero-order valence-corrected chi connectivity index (χ0v) is 14.3. The van der Waals surface area contributed by atoms with Gasteiger partial charge in [0.25, 0.3) is 5.91 Å². The molecule has 0 heterocycles. The van der Waals surface area contributed by atoms with Gasteiger partial charge in [0, 0.05) is 10.2 Å². The molecule has 120 valence electrons. The first-order valence-electron chi connectivity index (χ1n) is 7.21. The Hall–Kier alpha value is -2.34. The molecule has 5 nitrogen and oxygen atoms in total. The highest BCUT2D eigenvalue weighted by atomic mass is 79.9. The number of halogens is 1. The lowest BCUT2D eigenvalue weighted by molar-refractivity contribution is -0.119. The monoisotopic (exact) mass is 375 g/mol. The number of benzene rings is 2. The minimum Gasteiger partial charge on any atom is -0.494 e. The number of carbonyl (C=O) groups is 1. The van der Waals surface area contributed by atoms with Crippen LogP contribution in [0.3, 0.4) is 0 Å². The van der Waals surface area contributed by atoms with Crippen LogP contribution < -0.4 is 15.5 Å². The topological polar surface area (TPSA) is 62.7 Å². The van der Waals surface area contributed by atoms with E-state index in [-0.39, 0.29) is 12.5 Å². The number of rotatable bonds is 7. The number of hydrogen-bond donors (Lipinski definition) is 2. The summed E-state index contributed by atoms with van der Waals surface area (Å²) in [6.45, 7) is 2.73. The Kier molecular flexibility index (Phi) is 6.62. The van der Waals surface area contributed by atoms with Crippen LogP contribution in [-0.4, -0.2) is 25.3 Å². The maximum atomic E-state index is 11.7. The van der Waals surface area contributed by atoms with Gasteiger partial charge in [0.1, 0.15) is 5.75 Å². The summed E-state index contributed by atoms with van der Waals surface area (Å²) in [5.41, 5.74) is 4.24. The number of anilines is 1. The molecule has 0 bridgehead atoms. The first-order chi connectivity index (χ1) is 11.2. The maximum absolute atomic E-state index is 11.7. The molecule has 2 aromatic rings. The highest BCUT2D eigenvalue weighted by molar-refractivity contribution is 9.10. The van der Waals surface area contributed by atoms with Crippen LogP contribution in [0.15, 0.2) is 58.1 Å². The van der Waals surface area contributed by atoms with E-state index < -0.39 is 0 Å². The summed E-state index contributed by atoms with van der Waals surface area (Å²) in [4.78, 5) is 11.7. The summed E-state index contributed by atoms with van der Waals surface area (Å²) < 4.78 is 6.35. The molecule has 0 spiro atoms. The highest BCUT2D eigenvalue weighted by Gasteiger charge is 1.99. The number of ether oxygens (including phenoxy) is 1. The van der Waals surface area contributed by atoms with Gasteiger partial charge < -0.3 is 10.1 Å². The van der Waals surface area contributed by atoms with Crippen LogP contribution in [-0.2, 0) is 4.79 Å². The van der Waals surface area contributed by atoms with Crippen molar-refractivity contribution in [2.75, 3.05) is 18.5 Å². The van der Waals surface area contributed by atoms with Gasteiger partial charge in [-0.2, -0.15) is 5.10 Å². The Morgan fingerprint density at radius 3 is 2.52 bits per heavy atom. The number of nitrogens with one attached hydrogen (secondary N) is 2. The summed E-state index contributed by atoms with van der Waals surface area (Å²) >= 11 is 3.36. The molecule has 0 aromatic heterocycles. The fourth-order valence-electron chi connectivity index (χ4n) is 1.79. The average molecular weight is 376 g/mol. The van der Waals surface area contributed by atoms with Gasteiger partial charge in [0.05, 0.1) is 19.4 Å². The van der Waals surface area contributed by atoms with Crippen LogP contribution in [0.2, 0.25) is 0 Å². The molecule has 2 N–H and O–H groups in total. The Bertz CT molecular complexity index is 655. The van der Waals surface area contributed by atoms with Crippen molar-refractivity contribution < 1.29 is 9.53 Å². The van der Waals surface area contributed by atoms with Crippen molar-refractivity contribution in [1.82, 2.24) is 5.43 Å². The molecule has 0 saturated carbocycles. The van der Waals surface area contributed by atoms with Gasteiger partial charge in [-0.1, -0.05) is 15.9 Å². The number of amides is 1. The van der Waals surface area contributed by atoms with Gasteiger partial charge >= 0.3 is 0 Å². The van der Waals surface area contributed by atoms with Crippen molar-refractivity contribution in [2.45, 2.75) is 6.92 Å². The molecular formula is C17H18BrN3O2. The van der Waals surface area contributed by atoms with Gasteiger partial charge in [0.15, 0.2) is 0 Å². The van der Waals surface area contributed by atoms with Gasteiger partial charge in [-0.3, -0.25) is 4.79 Å². The maximum Gasteiger partial charge on any atom is 0.259 e. The molecule has 0 radical (unpaired) electrons. The molecule has 1 amide bonds. The normalized spacial score (nSPS) is 10.5. The van der Waals surface area contributed by atoms with Gasteiger partial charge in [-0.25, -0.2) is 5.43 Å². The third-order valence-corrected chi connectivity index (χ3v) is 3.42. The van der Waals surface area contributed by atoms with Crippen LogP contribution in [0.4, 0.5) is 5.69 Å². The second kappa shape index (κ2) is 8.95. The van der Waals surface area contributed by atoms with E-state index in [4.69, 9.17) is 4.74 Å². The first-order valence-corrected chi connectivity index (χ1v) is 8.01. The third-order valence-electron chi connectivity index (χ3n) is 2.89. The van der Waals surface area contributed by atoms with Crippen molar-refractivity contribution in [3.8, 4) is 5.75 Å². The van der Waals surface area contributed by atoms with Crippen LogP contribution in [0.5, 0.6) is 5.75 Å². The molecule has 2 rings (SSSR count). The minimum absolute atomic E-state index is 0.155. The molecule has 6 heteroatoms. The number of hydrogen-bond acceptors (Lipinski definition) is 4. The van der Waals surface area contributed by atoms with E-state index in [9.17, 15) is 4.79 Å². The van der Waals surface area contributed by atoms with Crippen molar-refractivity contribution in [2.24, 2.45) is 5.10 Å². The zero-order valence-electron chi connectivity index (χ0n) is 12.8. The second-order valence-corrected chi connectivity index (χ2v) is 5.57. The zero-order chi connectivity index (χ0) is 16.5. The van der Waals surface area contributed by atoms with Crippen molar-refractivity contribution in [3.05, 3.63) is 58.6 Å². The number of hydrazone groups is 1. The van der Waals surface area contributed by atoms with Gasteiger partial charge in [-0.15, -0.1) is 0 Å². The SMILES string of the molecule is CCOc1ccc(/C=N/NC(=O)CNc2ccc(Br)cc2)cc1. The lowest BCUT2D eigenvalue weighted by Crippen LogP contribution is -2.25. The standard InChI is InChI=1S/C17H18BrN3O2/c1-2-23-16-9-3-13(4-10-16)11-20-21-17(22)12-19-15-7-5-14(18)6-8-15/h3-11,19H,2,12H2,1H3,(H,21,22)/b20-11+. The Balaban J connectivity index is 1.75. The Labute approximate surface area is 143 Å². The molecular weight excluding hydrogens is 358 g/mol. The number of carbonyl (C=O) groups excluding carboxylic acids is 1. The summed E-state index contributed by atoms with van der Waals surface area (Å²) in [5.74, 6) is 0.600. The lowest BCUT2D eigenvalue weighted by Gasteiger charge is -2.05. The van der Waals surface area contributed by atoms with Crippen LogP contribution >= 0.6 is 15.9 Å². The molecule has 0 aliphatic heterocycles. The highest BCUT2D eigenvalue weighted by Crippen LogP contribution is 2.13. The molecule has 0 unspecified atom stereocenters. The fraction of sp³-hybridized carbons (Fsp3) is 0.176. The predicted octanol–water partition coefficient (Wildman–Crippen LogP) is 3.41. The largest absolute Gasteiger partial charge is 0.494 e. The Morgan fingerprint density at radius 2 is 1.87 bits per heavy atom. The number of nitrogens with zero attached hydrogens (tertiary/aromatic N) is 1. The van der Waals surface area contributed by atoms with Gasteiger partial charge in [-0.05, 0) is 61.0 Å². The fourth-order valence-corrected chi connectivity index (χ4v) is 2.05. The van der Waals surface area contributed by atoms with E-state index in [2.05, 4.69) is 31.8 Å². The van der Waals surface area contributed by atoms with Crippen molar-refractivity contribution in [1.29, 1.82) is 0 Å². The summed E-state index contributed by atoms with van der Waals surface area (Å²) in [5, 5.41) is 6.95. The van der Waals surface area contributed by atoms with E-state index in [1.165, 1.54) is 0 Å². The van der Waals surface area contributed by atoms with Crippen molar-refractivity contribution in [3.63, 3.8) is 0 Å². The van der Waals surface area contributed by atoms with Crippen LogP contribution in [0.25, 0.3) is 0 Å². The van der Waals surface area contributed by atoms with E-state index in [1.807, 2.05) is 55.5 Å².